The first-order chi connectivity index (χ1) is 13.9. The van der Waals surface area contributed by atoms with Crippen LogP contribution in [0.3, 0.4) is 0 Å². The van der Waals surface area contributed by atoms with Gasteiger partial charge < -0.3 is 5.32 Å². The third-order valence-corrected chi connectivity index (χ3v) is 7.91. The van der Waals surface area contributed by atoms with E-state index in [0.717, 1.165) is 50.9 Å². The van der Waals surface area contributed by atoms with Gasteiger partial charge in [0.15, 0.2) is 0 Å². The zero-order valence-corrected chi connectivity index (χ0v) is 18.0. The highest BCUT2D eigenvalue weighted by molar-refractivity contribution is 7.89. The minimum Gasteiger partial charge on any atom is -0.353 e. The number of likely N-dealkylation sites (tertiary alicyclic amines) is 1. The van der Waals surface area contributed by atoms with Crippen LogP contribution in [-0.4, -0.2) is 61.5 Å². The number of carbonyl (C=O) groups excluding carboxylic acids is 1. The van der Waals surface area contributed by atoms with Crippen molar-refractivity contribution >= 4 is 15.9 Å². The molecule has 0 radical (unpaired) electrons. The van der Waals surface area contributed by atoms with Gasteiger partial charge in [-0.25, -0.2) is 17.1 Å². The summed E-state index contributed by atoms with van der Waals surface area (Å²) in [6, 6.07) is 6.72. The fraction of sp³-hybridized carbons (Fsp3) is 0.667. The average molecular weight is 426 g/mol. The van der Waals surface area contributed by atoms with E-state index in [9.17, 15) is 17.6 Å². The van der Waals surface area contributed by atoms with Crippen LogP contribution in [0.25, 0.3) is 0 Å². The van der Waals surface area contributed by atoms with Gasteiger partial charge in [-0.2, -0.15) is 0 Å². The molecule has 0 aromatic heterocycles. The highest BCUT2D eigenvalue weighted by atomic mass is 32.2. The monoisotopic (exact) mass is 425 g/mol. The molecule has 0 saturated carbocycles. The van der Waals surface area contributed by atoms with Crippen molar-refractivity contribution in [3.63, 3.8) is 0 Å². The highest BCUT2D eigenvalue weighted by Gasteiger charge is 2.33. The first kappa shape index (κ1) is 22.2. The smallest absolute Gasteiger partial charge is 0.224 e. The number of nitrogens with one attached hydrogen (secondary N) is 1. The Morgan fingerprint density at radius 2 is 1.83 bits per heavy atom. The van der Waals surface area contributed by atoms with E-state index >= 15 is 0 Å². The van der Waals surface area contributed by atoms with Crippen LogP contribution in [0.15, 0.2) is 24.3 Å². The van der Waals surface area contributed by atoms with Crippen LogP contribution in [0.4, 0.5) is 4.39 Å². The van der Waals surface area contributed by atoms with Crippen LogP contribution < -0.4 is 5.32 Å². The maximum atomic E-state index is 13.0. The summed E-state index contributed by atoms with van der Waals surface area (Å²) in [5.41, 5.74) is 1.09. The van der Waals surface area contributed by atoms with Crippen molar-refractivity contribution in [2.45, 2.75) is 51.6 Å². The number of carbonyl (C=O) groups is 1. The molecule has 2 heterocycles. The number of nitrogens with zero attached hydrogens (tertiary/aromatic N) is 2. The molecule has 1 N–H and O–H groups in total. The van der Waals surface area contributed by atoms with Crippen molar-refractivity contribution in [3.05, 3.63) is 35.6 Å². The lowest BCUT2D eigenvalue weighted by atomic mass is 9.97. The van der Waals surface area contributed by atoms with Crippen LogP contribution in [0, 0.1) is 11.7 Å². The molecule has 8 heteroatoms. The largest absolute Gasteiger partial charge is 0.353 e. The van der Waals surface area contributed by atoms with Gasteiger partial charge in [0.25, 0.3) is 0 Å². The summed E-state index contributed by atoms with van der Waals surface area (Å²) >= 11 is 0. The zero-order chi connectivity index (χ0) is 20.9. The number of amides is 1. The second kappa shape index (κ2) is 10.00. The molecule has 162 valence electrons. The van der Waals surface area contributed by atoms with Crippen molar-refractivity contribution in [1.29, 1.82) is 0 Å². The third kappa shape index (κ3) is 6.23. The van der Waals surface area contributed by atoms with Crippen molar-refractivity contribution in [1.82, 2.24) is 14.5 Å². The van der Waals surface area contributed by atoms with Gasteiger partial charge in [-0.1, -0.05) is 19.1 Å². The highest BCUT2D eigenvalue weighted by Crippen LogP contribution is 2.21. The van der Waals surface area contributed by atoms with Crippen LogP contribution in [-0.2, 0) is 21.4 Å². The lowest BCUT2D eigenvalue weighted by molar-refractivity contribution is -0.127. The Labute approximate surface area is 173 Å². The molecule has 2 fully saturated rings. The number of hydrogen-bond acceptors (Lipinski definition) is 4. The molecule has 3 rings (SSSR count). The Morgan fingerprint density at radius 3 is 2.48 bits per heavy atom. The molecule has 6 nitrogen and oxygen atoms in total. The normalized spacial score (nSPS) is 22.5. The summed E-state index contributed by atoms with van der Waals surface area (Å²) in [5.74, 6) is -0.349. The number of rotatable bonds is 7. The minimum absolute atomic E-state index is 0.0154. The molecule has 2 aliphatic heterocycles. The maximum absolute atomic E-state index is 13.0. The van der Waals surface area contributed by atoms with Gasteiger partial charge in [0, 0.05) is 38.8 Å². The molecule has 1 unspecified atom stereocenters. The molecular weight excluding hydrogens is 393 g/mol. The van der Waals surface area contributed by atoms with Gasteiger partial charge in [-0.15, -0.1) is 0 Å². The Balaban J connectivity index is 1.45. The van der Waals surface area contributed by atoms with Crippen LogP contribution in [0.2, 0.25) is 0 Å². The first-order valence-corrected chi connectivity index (χ1v) is 12.2. The molecule has 29 heavy (non-hydrogen) atoms. The van der Waals surface area contributed by atoms with Gasteiger partial charge >= 0.3 is 0 Å². The van der Waals surface area contributed by atoms with E-state index in [4.69, 9.17) is 0 Å². The van der Waals surface area contributed by atoms with Crippen molar-refractivity contribution in [2.24, 2.45) is 5.92 Å². The number of halogens is 1. The Kier molecular flexibility index (Phi) is 7.65. The van der Waals surface area contributed by atoms with E-state index in [1.54, 1.807) is 0 Å². The van der Waals surface area contributed by atoms with Crippen LogP contribution in [0.5, 0.6) is 0 Å². The quantitative estimate of drug-likeness (QED) is 0.728. The minimum atomic E-state index is -3.25. The predicted octanol–water partition coefficient (Wildman–Crippen LogP) is 2.36. The molecule has 0 aliphatic carbocycles. The second-order valence-corrected chi connectivity index (χ2v) is 10.3. The lowest BCUT2D eigenvalue weighted by Crippen LogP contribution is -2.50. The molecule has 2 saturated heterocycles. The molecule has 1 aromatic carbocycles. The molecule has 1 aromatic rings. The standard InChI is InChI=1S/C21H32FN3O3S/c1-2-14-29(27,28)25-11-3-4-18(16-25)21(26)23-20-9-12-24(13-10-20)15-17-5-7-19(22)8-6-17/h5-8,18,20H,2-4,9-16H2,1H3,(H,23,26). The fourth-order valence-corrected chi connectivity index (χ4v) is 5.79. The topological polar surface area (TPSA) is 69.7 Å². The Hall–Kier alpha value is -1.51. The zero-order valence-electron chi connectivity index (χ0n) is 17.1. The van der Waals surface area contributed by atoms with Crippen LogP contribution in [0.1, 0.15) is 44.6 Å². The lowest BCUT2D eigenvalue weighted by Gasteiger charge is -2.35. The summed E-state index contributed by atoms with van der Waals surface area (Å²) in [6.07, 6.45) is 3.81. The van der Waals surface area contributed by atoms with Gasteiger partial charge in [0.05, 0.1) is 11.7 Å². The summed E-state index contributed by atoms with van der Waals surface area (Å²) in [7, 11) is -3.25. The second-order valence-electron chi connectivity index (χ2n) is 8.20. The average Bonchev–Trinajstić information content (AvgIpc) is 2.71. The van der Waals surface area contributed by atoms with E-state index < -0.39 is 10.0 Å². The van der Waals surface area contributed by atoms with Gasteiger partial charge in [0.1, 0.15) is 5.82 Å². The van der Waals surface area contributed by atoms with Crippen LogP contribution >= 0.6 is 0 Å². The van der Waals surface area contributed by atoms with Crippen molar-refractivity contribution in [2.75, 3.05) is 31.9 Å². The molecule has 0 bridgehead atoms. The van der Waals surface area contributed by atoms with Gasteiger partial charge in [-0.05, 0) is 49.8 Å². The fourth-order valence-electron chi connectivity index (χ4n) is 4.20. The molecule has 1 atom stereocenters. The Morgan fingerprint density at radius 1 is 1.14 bits per heavy atom. The van der Waals surface area contributed by atoms with Gasteiger partial charge in [0.2, 0.25) is 15.9 Å². The van der Waals surface area contributed by atoms with E-state index in [0.29, 0.717) is 19.5 Å². The summed E-state index contributed by atoms with van der Waals surface area (Å²) in [5, 5.41) is 3.15. The molecular formula is C21H32FN3O3S. The maximum Gasteiger partial charge on any atom is 0.224 e. The van der Waals surface area contributed by atoms with E-state index in [-0.39, 0.29) is 29.4 Å². The van der Waals surface area contributed by atoms with E-state index in [1.807, 2.05) is 19.1 Å². The summed E-state index contributed by atoms with van der Waals surface area (Å²) in [6.45, 7) is 5.22. The number of benzene rings is 1. The number of hydrogen-bond donors (Lipinski definition) is 1. The SMILES string of the molecule is CCCS(=O)(=O)N1CCCC(C(=O)NC2CCN(Cc3ccc(F)cc3)CC2)C1. The first-order valence-electron chi connectivity index (χ1n) is 10.6. The summed E-state index contributed by atoms with van der Waals surface area (Å²) in [4.78, 5) is 15.0. The third-order valence-electron chi connectivity index (χ3n) is 5.86. The number of sulfonamides is 1. The Bertz CT molecular complexity index is 777. The van der Waals surface area contributed by atoms with Gasteiger partial charge in [-0.3, -0.25) is 9.69 Å². The molecule has 2 aliphatic rings. The predicted molar refractivity (Wildman–Crippen MR) is 111 cm³/mol. The molecule has 0 spiro atoms. The number of piperidine rings is 2. The van der Waals surface area contributed by atoms with Crippen molar-refractivity contribution < 1.29 is 17.6 Å². The summed E-state index contributed by atoms with van der Waals surface area (Å²) < 4.78 is 39.2. The van der Waals surface area contributed by atoms with Crippen molar-refractivity contribution in [3.8, 4) is 0 Å². The van der Waals surface area contributed by atoms with E-state index in [2.05, 4.69) is 10.2 Å². The molecule has 1 amide bonds. The van der Waals surface area contributed by atoms with E-state index in [1.165, 1.54) is 16.4 Å².